The van der Waals surface area contributed by atoms with Gasteiger partial charge in [0.15, 0.2) is 0 Å². The van der Waals surface area contributed by atoms with Crippen molar-refractivity contribution in [2.45, 2.75) is 25.8 Å². The van der Waals surface area contributed by atoms with E-state index in [1.165, 1.54) is 0 Å². The van der Waals surface area contributed by atoms with Crippen molar-refractivity contribution >= 4 is 11.7 Å². The second kappa shape index (κ2) is 9.21. The van der Waals surface area contributed by atoms with E-state index < -0.39 is 0 Å². The average Bonchev–Trinajstić information content (AvgIpc) is 2.73. The highest BCUT2D eigenvalue weighted by molar-refractivity contribution is 5.76. The molecule has 1 aliphatic heterocycles. The molecule has 27 heavy (non-hydrogen) atoms. The van der Waals surface area contributed by atoms with Crippen molar-refractivity contribution in [1.29, 1.82) is 0 Å². The number of carbonyl (C=O) groups is 1. The van der Waals surface area contributed by atoms with E-state index in [-0.39, 0.29) is 5.91 Å². The largest absolute Gasteiger partial charge is 0.497 e. The second-order valence-corrected chi connectivity index (χ2v) is 6.66. The van der Waals surface area contributed by atoms with Gasteiger partial charge in [0.2, 0.25) is 5.91 Å². The number of carbonyl (C=O) groups excluding carboxylic acids is 1. The summed E-state index contributed by atoms with van der Waals surface area (Å²) in [6, 6.07) is 10.0. The normalized spacial score (nSPS) is 14.7. The third-order valence-electron chi connectivity index (χ3n) is 4.86. The van der Waals surface area contributed by atoms with E-state index in [4.69, 9.17) is 9.47 Å². The predicted molar refractivity (Wildman–Crippen MR) is 103 cm³/mol. The van der Waals surface area contributed by atoms with Gasteiger partial charge in [-0.3, -0.25) is 4.79 Å². The first-order valence-electron chi connectivity index (χ1n) is 9.19. The lowest BCUT2D eigenvalue weighted by Gasteiger charge is -2.32. The van der Waals surface area contributed by atoms with Crippen molar-refractivity contribution in [3.63, 3.8) is 0 Å². The number of methoxy groups -OCH3 is 2. The van der Waals surface area contributed by atoms with Crippen LogP contribution in [-0.2, 0) is 11.3 Å². The highest BCUT2D eigenvalue weighted by Crippen LogP contribution is 2.24. The number of benzene rings is 1. The van der Waals surface area contributed by atoms with E-state index in [1.54, 1.807) is 20.4 Å². The molecule has 7 nitrogen and oxygen atoms in total. The van der Waals surface area contributed by atoms with Gasteiger partial charge in [0.25, 0.3) is 0 Å². The fraction of sp³-hybridized carbons (Fsp3) is 0.450. The summed E-state index contributed by atoms with van der Waals surface area (Å²) in [5, 5.41) is 3.01. The highest BCUT2D eigenvalue weighted by atomic mass is 16.5. The Bertz CT molecular complexity index is 743. The Balaban J connectivity index is 1.42. The van der Waals surface area contributed by atoms with Crippen LogP contribution in [0.2, 0.25) is 0 Å². The minimum absolute atomic E-state index is 0.105. The lowest BCUT2D eigenvalue weighted by molar-refractivity contribution is -0.122. The van der Waals surface area contributed by atoms with Crippen LogP contribution in [0.4, 0.5) is 5.82 Å². The van der Waals surface area contributed by atoms with Crippen molar-refractivity contribution < 1.29 is 14.3 Å². The number of anilines is 1. The molecule has 144 valence electrons. The predicted octanol–water partition coefficient (Wildman–Crippen LogP) is 2.42. The van der Waals surface area contributed by atoms with Crippen molar-refractivity contribution in [3.8, 4) is 11.8 Å². The third kappa shape index (κ3) is 5.32. The summed E-state index contributed by atoms with van der Waals surface area (Å²) in [5.41, 5.74) is 1.07. The number of piperidine rings is 1. The maximum absolute atomic E-state index is 12.3. The molecule has 1 amide bonds. The van der Waals surface area contributed by atoms with Gasteiger partial charge in [0.05, 0.1) is 14.2 Å². The zero-order valence-electron chi connectivity index (χ0n) is 15.9. The van der Waals surface area contributed by atoms with E-state index in [1.807, 2.05) is 30.3 Å². The van der Waals surface area contributed by atoms with Crippen LogP contribution < -0.4 is 19.7 Å². The van der Waals surface area contributed by atoms with E-state index >= 15 is 0 Å². The van der Waals surface area contributed by atoms with Crippen molar-refractivity contribution in [3.05, 3.63) is 42.1 Å². The topological polar surface area (TPSA) is 76.6 Å². The maximum atomic E-state index is 12.3. The molecule has 2 heterocycles. The first kappa shape index (κ1) is 18.9. The van der Waals surface area contributed by atoms with Gasteiger partial charge >= 0.3 is 6.01 Å². The molecule has 0 spiro atoms. The van der Waals surface area contributed by atoms with Crippen LogP contribution in [0.1, 0.15) is 24.8 Å². The number of nitrogens with zero attached hydrogens (tertiary/aromatic N) is 3. The minimum Gasteiger partial charge on any atom is -0.497 e. The second-order valence-electron chi connectivity index (χ2n) is 6.66. The number of hydrogen-bond acceptors (Lipinski definition) is 6. The van der Waals surface area contributed by atoms with Gasteiger partial charge < -0.3 is 19.7 Å². The third-order valence-corrected chi connectivity index (χ3v) is 4.86. The van der Waals surface area contributed by atoms with Gasteiger partial charge in [-0.2, -0.15) is 4.98 Å². The molecule has 7 heteroatoms. The van der Waals surface area contributed by atoms with Crippen LogP contribution in [0.5, 0.6) is 11.8 Å². The fourth-order valence-corrected chi connectivity index (χ4v) is 3.25. The summed E-state index contributed by atoms with van der Waals surface area (Å²) >= 11 is 0. The quantitative estimate of drug-likeness (QED) is 0.807. The zero-order chi connectivity index (χ0) is 19.1. The smallest absolute Gasteiger partial charge is 0.318 e. The molecule has 1 saturated heterocycles. The molecule has 0 bridgehead atoms. The Labute approximate surface area is 159 Å². The average molecular weight is 370 g/mol. The summed E-state index contributed by atoms with van der Waals surface area (Å²) in [4.78, 5) is 22.9. The monoisotopic (exact) mass is 370 g/mol. The van der Waals surface area contributed by atoms with Crippen LogP contribution in [0, 0.1) is 5.92 Å². The van der Waals surface area contributed by atoms with Gasteiger partial charge in [-0.25, -0.2) is 4.98 Å². The van der Waals surface area contributed by atoms with Gasteiger partial charge in [-0.05, 0) is 42.5 Å². The lowest BCUT2D eigenvalue weighted by atomic mass is 9.93. The lowest BCUT2D eigenvalue weighted by Crippen LogP contribution is -2.36. The van der Waals surface area contributed by atoms with Crippen molar-refractivity contribution in [1.82, 2.24) is 15.3 Å². The molecule has 2 aromatic rings. The molecular formula is C20H26N4O3. The Morgan fingerprint density at radius 1 is 1.15 bits per heavy atom. The van der Waals surface area contributed by atoms with E-state index in [9.17, 15) is 4.79 Å². The molecule has 1 aromatic carbocycles. The Morgan fingerprint density at radius 3 is 2.56 bits per heavy atom. The first-order chi connectivity index (χ1) is 13.2. The molecule has 1 N–H and O–H groups in total. The van der Waals surface area contributed by atoms with Crippen LogP contribution in [-0.4, -0.2) is 43.2 Å². The molecule has 1 aliphatic rings. The molecule has 0 aliphatic carbocycles. The first-order valence-corrected chi connectivity index (χ1v) is 9.19. The van der Waals surface area contributed by atoms with Gasteiger partial charge in [-0.1, -0.05) is 12.1 Å². The summed E-state index contributed by atoms with van der Waals surface area (Å²) < 4.78 is 10.2. The van der Waals surface area contributed by atoms with Crippen LogP contribution in [0.3, 0.4) is 0 Å². The Kier molecular flexibility index (Phi) is 6.46. The summed E-state index contributed by atoms with van der Waals surface area (Å²) in [6.45, 7) is 2.32. The summed E-state index contributed by atoms with van der Waals surface area (Å²) in [6.07, 6.45) is 4.22. The van der Waals surface area contributed by atoms with Gasteiger partial charge in [0, 0.05) is 32.3 Å². The number of amides is 1. The number of aromatic nitrogens is 2. The molecule has 0 saturated carbocycles. The van der Waals surface area contributed by atoms with Gasteiger partial charge in [0.1, 0.15) is 11.6 Å². The Hall–Kier alpha value is -2.83. The van der Waals surface area contributed by atoms with Crippen LogP contribution in [0.15, 0.2) is 36.5 Å². The van der Waals surface area contributed by atoms with Gasteiger partial charge in [-0.15, -0.1) is 0 Å². The summed E-state index contributed by atoms with van der Waals surface area (Å²) in [5.74, 6) is 2.20. The standard InChI is InChI=1S/C20H26N4O3/c1-26-17-5-3-16(4-6-17)14-22-19(25)13-15-8-11-24(12-9-15)18-7-10-21-20(23-18)27-2/h3-7,10,15H,8-9,11-14H2,1-2H3,(H,22,25). The molecule has 0 radical (unpaired) electrons. The highest BCUT2D eigenvalue weighted by Gasteiger charge is 2.22. The minimum atomic E-state index is 0.105. The maximum Gasteiger partial charge on any atom is 0.318 e. The van der Waals surface area contributed by atoms with Crippen LogP contribution in [0.25, 0.3) is 0 Å². The number of nitrogens with one attached hydrogen (secondary N) is 1. The van der Waals surface area contributed by atoms with E-state index in [2.05, 4.69) is 20.2 Å². The molecular weight excluding hydrogens is 344 g/mol. The van der Waals surface area contributed by atoms with Crippen molar-refractivity contribution in [2.75, 3.05) is 32.2 Å². The number of hydrogen-bond donors (Lipinski definition) is 1. The molecule has 3 rings (SSSR count). The summed E-state index contributed by atoms with van der Waals surface area (Å²) in [7, 11) is 3.21. The van der Waals surface area contributed by atoms with E-state index in [0.717, 1.165) is 43.1 Å². The molecule has 0 unspecified atom stereocenters. The van der Waals surface area contributed by atoms with Crippen LogP contribution >= 0.6 is 0 Å². The van der Waals surface area contributed by atoms with E-state index in [0.29, 0.717) is 24.9 Å². The molecule has 1 aromatic heterocycles. The molecule has 0 atom stereocenters. The number of rotatable bonds is 7. The fourth-order valence-electron chi connectivity index (χ4n) is 3.25. The zero-order valence-corrected chi connectivity index (χ0v) is 15.9. The van der Waals surface area contributed by atoms with Crippen molar-refractivity contribution in [2.24, 2.45) is 5.92 Å². The number of ether oxygens (including phenoxy) is 2. The Morgan fingerprint density at radius 2 is 1.89 bits per heavy atom. The SMILES string of the molecule is COc1ccc(CNC(=O)CC2CCN(c3ccnc(OC)n3)CC2)cc1. The molecule has 1 fully saturated rings.